The lowest BCUT2D eigenvalue weighted by Gasteiger charge is -2.25. The van der Waals surface area contributed by atoms with E-state index < -0.39 is 7.44 Å². The van der Waals surface area contributed by atoms with Crippen LogP contribution >= 0.6 is 7.44 Å². The molecule has 0 saturated heterocycles. The predicted octanol–water partition coefficient (Wildman–Crippen LogP) is 1.28. The van der Waals surface area contributed by atoms with Gasteiger partial charge in [-0.05, 0) is 40.8 Å². The van der Waals surface area contributed by atoms with Crippen LogP contribution in [-0.2, 0) is 4.57 Å². The highest BCUT2D eigenvalue weighted by molar-refractivity contribution is 7.64. The number of hydrogen-bond acceptors (Lipinski definition) is 1. The van der Waals surface area contributed by atoms with Crippen LogP contribution in [0.3, 0.4) is 0 Å². The van der Waals surface area contributed by atoms with E-state index in [0.717, 1.165) is 0 Å². The minimum atomic E-state index is -2.56. The van der Waals surface area contributed by atoms with E-state index in [4.69, 9.17) is 0 Å². The van der Waals surface area contributed by atoms with E-state index in [9.17, 15) is 4.57 Å². The largest absolute Gasteiger partial charge is 0.286 e. The van der Waals surface area contributed by atoms with Crippen LogP contribution in [0.4, 0.5) is 0 Å². The molecule has 0 amide bonds. The Morgan fingerprint density at radius 2 is 1.45 bits per heavy atom. The quantitative estimate of drug-likeness (QED) is 0.465. The van der Waals surface area contributed by atoms with Crippen molar-refractivity contribution in [3.8, 4) is 11.6 Å². The van der Waals surface area contributed by atoms with Crippen LogP contribution in [0.5, 0.6) is 0 Å². The van der Waals surface area contributed by atoms with Crippen molar-refractivity contribution < 1.29 is 4.57 Å². The highest BCUT2D eigenvalue weighted by atomic mass is 31.2. The first kappa shape index (κ1) is 10.7. The summed E-state index contributed by atoms with van der Waals surface area (Å²) in [6.07, 6.45) is 0. The molecular formula is C7H15N2OP. The highest BCUT2D eigenvalue weighted by Crippen LogP contribution is 2.47. The van der Waals surface area contributed by atoms with Gasteiger partial charge in [-0.2, -0.15) is 0 Å². The normalized spacial score (nSPS) is 11.5. The average Bonchev–Trinajstić information content (AvgIpc) is 1.87. The Hall–Kier alpha value is -0.290. The van der Waals surface area contributed by atoms with Crippen molar-refractivity contribution in [2.24, 2.45) is 0 Å². The molecule has 0 rings (SSSR count). The Balaban J connectivity index is 4.79. The van der Waals surface area contributed by atoms with Gasteiger partial charge in [-0.25, -0.2) is 9.34 Å². The molecule has 0 aromatic carbocycles. The molecule has 0 aliphatic heterocycles. The van der Waals surface area contributed by atoms with Gasteiger partial charge in [0.15, 0.2) is 0 Å². The molecule has 0 saturated carbocycles. The molecule has 0 aliphatic carbocycles. The molecule has 0 aliphatic rings. The fourth-order valence-corrected chi connectivity index (χ4v) is 2.11. The van der Waals surface area contributed by atoms with Gasteiger partial charge in [-0.1, -0.05) is 5.92 Å². The van der Waals surface area contributed by atoms with Crippen LogP contribution < -0.4 is 0 Å². The monoisotopic (exact) mass is 174 g/mol. The lowest BCUT2D eigenvalue weighted by molar-refractivity contribution is 0.461. The maximum absolute atomic E-state index is 11.9. The van der Waals surface area contributed by atoms with Crippen molar-refractivity contribution in [2.75, 3.05) is 28.2 Å². The van der Waals surface area contributed by atoms with Gasteiger partial charge in [-0.3, -0.25) is 4.57 Å². The van der Waals surface area contributed by atoms with E-state index in [-0.39, 0.29) is 0 Å². The smallest absolute Gasteiger partial charge is 0.274 e. The Bertz CT molecular complexity index is 212. The summed E-state index contributed by atoms with van der Waals surface area (Å²) in [5, 5.41) is 0. The summed E-state index contributed by atoms with van der Waals surface area (Å²) in [5.74, 6) is 2.67. The zero-order valence-electron chi connectivity index (χ0n) is 7.75. The van der Waals surface area contributed by atoms with Crippen molar-refractivity contribution in [1.82, 2.24) is 9.34 Å². The Morgan fingerprint density at radius 3 is 1.55 bits per heavy atom. The van der Waals surface area contributed by atoms with Crippen molar-refractivity contribution in [1.29, 1.82) is 0 Å². The third-order valence-corrected chi connectivity index (χ3v) is 4.03. The van der Waals surface area contributed by atoms with Gasteiger partial charge >= 0.3 is 0 Å². The molecule has 0 fully saturated rings. The van der Waals surface area contributed by atoms with Crippen molar-refractivity contribution in [3.63, 3.8) is 0 Å². The third-order valence-electron chi connectivity index (χ3n) is 1.34. The molecule has 0 heterocycles. The summed E-state index contributed by atoms with van der Waals surface area (Å²) in [6, 6.07) is 0. The first-order valence-corrected chi connectivity index (χ1v) is 4.96. The topological polar surface area (TPSA) is 23.6 Å². The summed E-state index contributed by atoms with van der Waals surface area (Å²) >= 11 is 0. The van der Waals surface area contributed by atoms with E-state index >= 15 is 0 Å². The first-order chi connectivity index (χ1) is 4.95. The van der Waals surface area contributed by atoms with Crippen molar-refractivity contribution in [3.05, 3.63) is 0 Å². The molecule has 0 aromatic heterocycles. The Morgan fingerprint density at radius 1 is 1.09 bits per heavy atom. The highest BCUT2D eigenvalue weighted by Gasteiger charge is 2.24. The van der Waals surface area contributed by atoms with E-state index in [1.165, 1.54) is 0 Å². The van der Waals surface area contributed by atoms with Gasteiger partial charge in [0.2, 0.25) is 0 Å². The SMILES string of the molecule is CC#CP(=O)(N(C)C)N(C)C. The van der Waals surface area contributed by atoms with E-state index in [1.807, 2.05) is 0 Å². The van der Waals surface area contributed by atoms with Crippen molar-refractivity contribution >= 4 is 7.44 Å². The lowest BCUT2D eigenvalue weighted by atomic mass is 10.8. The van der Waals surface area contributed by atoms with E-state index in [0.29, 0.717) is 0 Å². The molecule has 11 heavy (non-hydrogen) atoms. The van der Waals surface area contributed by atoms with Crippen LogP contribution in [0.2, 0.25) is 0 Å². The van der Waals surface area contributed by atoms with Crippen molar-refractivity contribution in [2.45, 2.75) is 6.92 Å². The Labute approximate surface area is 68.8 Å². The summed E-state index contributed by atoms with van der Waals surface area (Å²) < 4.78 is 15.2. The van der Waals surface area contributed by atoms with Crippen LogP contribution in [0.25, 0.3) is 0 Å². The second-order valence-corrected chi connectivity index (χ2v) is 5.51. The second-order valence-electron chi connectivity index (χ2n) is 2.60. The molecule has 0 N–H and O–H groups in total. The summed E-state index contributed by atoms with van der Waals surface area (Å²) in [5.41, 5.74) is 2.72. The Kier molecular flexibility index (Phi) is 3.82. The van der Waals surface area contributed by atoms with Gasteiger partial charge in [-0.15, -0.1) is 0 Å². The average molecular weight is 174 g/mol. The predicted molar refractivity (Wildman–Crippen MR) is 48.4 cm³/mol. The van der Waals surface area contributed by atoms with E-state index in [2.05, 4.69) is 11.6 Å². The van der Waals surface area contributed by atoms with Gasteiger partial charge in [0.05, 0.1) is 0 Å². The zero-order chi connectivity index (χ0) is 9.07. The molecule has 0 radical (unpaired) electrons. The molecule has 0 bridgehead atoms. The number of nitrogens with zero attached hydrogens (tertiary/aromatic N) is 2. The molecule has 0 aromatic rings. The summed E-state index contributed by atoms with van der Waals surface area (Å²) in [7, 11) is 4.52. The molecule has 0 spiro atoms. The molecular weight excluding hydrogens is 159 g/mol. The maximum Gasteiger partial charge on any atom is 0.286 e. The number of hydrogen-bond donors (Lipinski definition) is 0. The van der Waals surface area contributed by atoms with Gasteiger partial charge in [0.1, 0.15) is 0 Å². The minimum Gasteiger partial charge on any atom is -0.274 e. The third kappa shape index (κ3) is 2.34. The summed E-state index contributed by atoms with van der Waals surface area (Å²) in [4.78, 5) is 0. The van der Waals surface area contributed by atoms with E-state index in [1.54, 1.807) is 44.5 Å². The second kappa shape index (κ2) is 3.92. The van der Waals surface area contributed by atoms with Crippen LogP contribution in [0.1, 0.15) is 6.92 Å². The summed E-state index contributed by atoms with van der Waals surface area (Å²) in [6.45, 7) is 1.69. The van der Waals surface area contributed by atoms with Gasteiger partial charge in [0, 0.05) is 0 Å². The standard InChI is InChI=1S/C7H15N2OP/c1-6-7-11(10,8(2)3)9(4)5/h1-5H3. The zero-order valence-corrected chi connectivity index (χ0v) is 8.64. The van der Waals surface area contributed by atoms with Gasteiger partial charge < -0.3 is 0 Å². The number of rotatable bonds is 2. The van der Waals surface area contributed by atoms with Gasteiger partial charge in [0.25, 0.3) is 7.44 Å². The molecule has 0 unspecified atom stereocenters. The van der Waals surface area contributed by atoms with Crippen LogP contribution in [0.15, 0.2) is 0 Å². The van der Waals surface area contributed by atoms with Crippen LogP contribution in [0, 0.1) is 11.6 Å². The molecule has 3 nitrogen and oxygen atoms in total. The fourth-order valence-electron chi connectivity index (χ4n) is 0.703. The van der Waals surface area contributed by atoms with Crippen LogP contribution in [-0.4, -0.2) is 37.5 Å². The fraction of sp³-hybridized carbons (Fsp3) is 0.714. The maximum atomic E-state index is 11.9. The molecule has 4 heteroatoms. The molecule has 0 atom stereocenters. The minimum absolute atomic E-state index is 1.66. The lowest BCUT2D eigenvalue weighted by Crippen LogP contribution is -2.19. The first-order valence-electron chi connectivity index (χ1n) is 3.35. The molecule has 64 valence electrons.